The highest BCUT2D eigenvalue weighted by Gasteiger charge is 2.41. The van der Waals surface area contributed by atoms with Crippen molar-refractivity contribution >= 4 is 40.1 Å². The van der Waals surface area contributed by atoms with Gasteiger partial charge in [0.25, 0.3) is 0 Å². The predicted molar refractivity (Wildman–Crippen MR) is 130 cm³/mol. The molecule has 2 amide bonds. The van der Waals surface area contributed by atoms with Gasteiger partial charge in [-0.15, -0.1) is 11.3 Å². The number of aromatic nitrogens is 2. The van der Waals surface area contributed by atoms with Crippen molar-refractivity contribution in [1.82, 2.24) is 14.7 Å². The molecule has 2 aromatic heterocycles. The molecule has 0 radical (unpaired) electrons. The zero-order valence-electron chi connectivity index (χ0n) is 19.5. The highest BCUT2D eigenvalue weighted by atomic mass is 32.1. The van der Waals surface area contributed by atoms with Crippen LogP contribution in [0.4, 0.5) is 10.6 Å². The zero-order valence-corrected chi connectivity index (χ0v) is 20.3. The lowest BCUT2D eigenvalue weighted by Gasteiger charge is -2.40. The predicted octanol–water partition coefficient (Wildman–Crippen LogP) is 5.54. The Morgan fingerprint density at radius 2 is 1.94 bits per heavy atom. The largest absolute Gasteiger partial charge is 0.444 e. The fraction of sp³-hybridized carbons (Fsp3) is 0.480. The van der Waals surface area contributed by atoms with Gasteiger partial charge in [-0.2, -0.15) is 5.10 Å². The summed E-state index contributed by atoms with van der Waals surface area (Å²) < 4.78 is 7.59. The van der Waals surface area contributed by atoms with Gasteiger partial charge in [-0.1, -0.05) is 25.1 Å². The van der Waals surface area contributed by atoms with Gasteiger partial charge in [0.15, 0.2) is 0 Å². The van der Waals surface area contributed by atoms with E-state index in [0.717, 1.165) is 40.0 Å². The first-order valence-electron chi connectivity index (χ1n) is 11.6. The molecule has 2 atom stereocenters. The minimum Gasteiger partial charge on any atom is -0.444 e. The van der Waals surface area contributed by atoms with Crippen LogP contribution in [0.25, 0.3) is 21.3 Å². The second-order valence-electron chi connectivity index (χ2n) is 10.0. The van der Waals surface area contributed by atoms with Gasteiger partial charge in [0, 0.05) is 23.5 Å². The molecule has 1 saturated heterocycles. The number of ether oxygens (including phenoxy) is 1. The first-order chi connectivity index (χ1) is 15.7. The highest BCUT2D eigenvalue weighted by molar-refractivity contribution is 7.13. The molecule has 2 unspecified atom stereocenters. The number of piperidine rings is 1. The number of fused-ring (bicyclic) bond motifs is 3. The molecule has 4 heterocycles. The average molecular weight is 467 g/mol. The molecule has 1 N–H and O–H groups in total. The van der Waals surface area contributed by atoms with Crippen LogP contribution in [0.1, 0.15) is 46.6 Å². The van der Waals surface area contributed by atoms with E-state index in [1.165, 1.54) is 0 Å². The van der Waals surface area contributed by atoms with Crippen molar-refractivity contribution in [2.24, 2.45) is 11.8 Å². The number of benzene rings is 1. The maximum Gasteiger partial charge on any atom is 0.410 e. The first kappa shape index (κ1) is 21.9. The standard InChI is InChI=1S/C25H30N4O3S/c1-15-21(16-10-12-28(13-11-16)24(31)32-25(2,3)4)29-22(26-23(15)30)20-17(19-9-6-14-33-19)7-5-8-18(20)27-29/h5-9,14-16,21H,10-13H2,1-4H3,(H,26,30). The molecule has 0 saturated carbocycles. The molecule has 5 rings (SSSR count). The molecule has 0 aliphatic carbocycles. The van der Waals surface area contributed by atoms with Crippen molar-refractivity contribution in [3.63, 3.8) is 0 Å². The molecule has 1 fully saturated rings. The number of carbonyl (C=O) groups is 2. The minimum absolute atomic E-state index is 0.0323. The number of hydrogen-bond donors (Lipinski definition) is 1. The molecule has 2 aliphatic heterocycles. The van der Waals surface area contributed by atoms with Crippen LogP contribution in [0.5, 0.6) is 0 Å². The number of anilines is 1. The molecule has 7 nitrogen and oxygen atoms in total. The number of hydrogen-bond acceptors (Lipinski definition) is 5. The Kier molecular flexibility index (Phi) is 5.43. The zero-order chi connectivity index (χ0) is 23.3. The molecule has 33 heavy (non-hydrogen) atoms. The highest BCUT2D eigenvalue weighted by Crippen LogP contribution is 2.44. The topological polar surface area (TPSA) is 76.5 Å². The second kappa shape index (κ2) is 8.17. The van der Waals surface area contributed by atoms with Crippen molar-refractivity contribution in [1.29, 1.82) is 0 Å². The number of nitrogens with one attached hydrogen (secondary N) is 1. The monoisotopic (exact) mass is 466 g/mol. The van der Waals surface area contributed by atoms with E-state index in [1.54, 1.807) is 16.2 Å². The summed E-state index contributed by atoms with van der Waals surface area (Å²) in [5.74, 6) is 0.875. The van der Waals surface area contributed by atoms with Crippen molar-refractivity contribution in [2.75, 3.05) is 18.4 Å². The Balaban J connectivity index is 1.46. The Labute approximate surface area is 197 Å². The van der Waals surface area contributed by atoms with Gasteiger partial charge in [0.2, 0.25) is 5.91 Å². The Bertz CT molecular complexity index is 1190. The lowest BCUT2D eigenvalue weighted by Crippen LogP contribution is -2.46. The van der Waals surface area contributed by atoms with Crippen LogP contribution in [0.2, 0.25) is 0 Å². The van der Waals surface area contributed by atoms with Crippen LogP contribution in [0, 0.1) is 11.8 Å². The van der Waals surface area contributed by atoms with E-state index >= 15 is 0 Å². The number of rotatable bonds is 2. The van der Waals surface area contributed by atoms with Gasteiger partial charge in [-0.25, -0.2) is 9.48 Å². The number of thiophene rings is 1. The average Bonchev–Trinajstić information content (AvgIpc) is 3.42. The van der Waals surface area contributed by atoms with E-state index in [0.29, 0.717) is 13.1 Å². The maximum atomic E-state index is 13.0. The summed E-state index contributed by atoms with van der Waals surface area (Å²) in [4.78, 5) is 28.5. The summed E-state index contributed by atoms with van der Waals surface area (Å²) in [6.45, 7) is 8.88. The van der Waals surface area contributed by atoms with E-state index in [-0.39, 0.29) is 29.9 Å². The van der Waals surface area contributed by atoms with Gasteiger partial charge < -0.3 is 15.0 Å². The van der Waals surface area contributed by atoms with Crippen LogP contribution in [-0.2, 0) is 9.53 Å². The third kappa shape index (κ3) is 4.01. The van der Waals surface area contributed by atoms with Gasteiger partial charge in [-0.05, 0) is 57.0 Å². The molecular formula is C25H30N4O3S. The van der Waals surface area contributed by atoms with Gasteiger partial charge >= 0.3 is 6.09 Å². The minimum atomic E-state index is -0.506. The number of amides is 2. The van der Waals surface area contributed by atoms with Crippen LogP contribution < -0.4 is 5.32 Å². The van der Waals surface area contributed by atoms with Crippen LogP contribution in [0.3, 0.4) is 0 Å². The SMILES string of the molecule is CC1C(=O)Nc2c3c(-c4cccs4)cccc3nn2C1C1CCN(C(=O)OC(C)(C)C)CC1. The molecule has 8 heteroatoms. The quantitative estimate of drug-likeness (QED) is 0.538. The van der Waals surface area contributed by atoms with Gasteiger partial charge in [0.1, 0.15) is 11.4 Å². The Morgan fingerprint density at radius 1 is 1.18 bits per heavy atom. The van der Waals surface area contributed by atoms with Crippen molar-refractivity contribution in [2.45, 2.75) is 52.2 Å². The number of likely N-dealkylation sites (tertiary alicyclic amines) is 1. The fourth-order valence-corrected chi connectivity index (χ4v) is 5.84. The summed E-state index contributed by atoms with van der Waals surface area (Å²) >= 11 is 1.68. The van der Waals surface area contributed by atoms with Gasteiger partial charge in [0.05, 0.1) is 22.9 Å². The van der Waals surface area contributed by atoms with Crippen molar-refractivity contribution < 1.29 is 14.3 Å². The van der Waals surface area contributed by atoms with E-state index in [2.05, 4.69) is 22.8 Å². The van der Waals surface area contributed by atoms with Crippen LogP contribution in [0.15, 0.2) is 35.7 Å². The summed E-state index contributed by atoms with van der Waals surface area (Å²) in [7, 11) is 0. The Morgan fingerprint density at radius 3 is 2.61 bits per heavy atom. The molecule has 1 aromatic carbocycles. The molecule has 0 bridgehead atoms. The van der Waals surface area contributed by atoms with Crippen LogP contribution >= 0.6 is 11.3 Å². The molecule has 3 aromatic rings. The summed E-state index contributed by atoms with van der Waals surface area (Å²) in [5.41, 5.74) is 1.48. The second-order valence-corrected chi connectivity index (χ2v) is 11.0. The summed E-state index contributed by atoms with van der Waals surface area (Å²) in [6, 6.07) is 10.2. The van der Waals surface area contributed by atoms with Crippen molar-refractivity contribution in [3.05, 3.63) is 35.7 Å². The smallest absolute Gasteiger partial charge is 0.410 e. The molecule has 174 valence electrons. The Hall–Kier alpha value is -2.87. The lowest BCUT2D eigenvalue weighted by molar-refractivity contribution is -0.122. The lowest BCUT2D eigenvalue weighted by atomic mass is 9.81. The van der Waals surface area contributed by atoms with E-state index in [9.17, 15) is 9.59 Å². The van der Waals surface area contributed by atoms with Crippen LogP contribution in [-0.4, -0.2) is 45.4 Å². The molecular weight excluding hydrogens is 436 g/mol. The van der Waals surface area contributed by atoms with Crippen molar-refractivity contribution in [3.8, 4) is 10.4 Å². The first-order valence-corrected chi connectivity index (χ1v) is 12.4. The van der Waals surface area contributed by atoms with E-state index < -0.39 is 5.60 Å². The molecule has 0 spiro atoms. The summed E-state index contributed by atoms with van der Waals surface area (Å²) in [6.07, 6.45) is 1.37. The normalized spacial score (nSPS) is 21.7. The third-order valence-electron chi connectivity index (χ3n) is 6.63. The fourth-order valence-electron chi connectivity index (χ4n) is 5.08. The van der Waals surface area contributed by atoms with E-state index in [1.807, 2.05) is 50.6 Å². The summed E-state index contributed by atoms with van der Waals surface area (Å²) in [5, 5.41) is 11.2. The third-order valence-corrected chi connectivity index (χ3v) is 7.54. The number of nitrogens with zero attached hydrogens (tertiary/aromatic N) is 3. The molecule has 2 aliphatic rings. The van der Waals surface area contributed by atoms with E-state index in [4.69, 9.17) is 9.84 Å². The van der Waals surface area contributed by atoms with Gasteiger partial charge in [-0.3, -0.25) is 4.79 Å². The number of carbonyl (C=O) groups excluding carboxylic acids is 2. The maximum absolute atomic E-state index is 13.0.